The van der Waals surface area contributed by atoms with Crippen LogP contribution in [0.5, 0.6) is 0 Å². The SMILES string of the molecule is COCCN(C)S(=O)(=O)c1cc(N)ccc1C(=O)O. The van der Waals surface area contributed by atoms with Crippen LogP contribution in [-0.2, 0) is 14.8 Å². The van der Waals surface area contributed by atoms with Crippen LogP contribution in [0.4, 0.5) is 5.69 Å². The zero-order valence-corrected chi connectivity index (χ0v) is 11.5. The standard InChI is InChI=1S/C11H16N2O5S/c1-13(5-6-18-2)19(16,17)10-7-8(12)3-4-9(10)11(14)15/h3-4,7H,5-6,12H2,1-2H3,(H,14,15). The van der Waals surface area contributed by atoms with E-state index in [0.29, 0.717) is 0 Å². The maximum atomic E-state index is 12.3. The molecule has 0 aromatic heterocycles. The number of benzene rings is 1. The van der Waals surface area contributed by atoms with E-state index in [1.165, 1.54) is 26.3 Å². The molecule has 0 unspecified atom stereocenters. The van der Waals surface area contributed by atoms with Gasteiger partial charge in [0, 0.05) is 26.4 Å². The lowest BCUT2D eigenvalue weighted by Crippen LogP contribution is -2.31. The van der Waals surface area contributed by atoms with Crippen molar-refractivity contribution in [1.82, 2.24) is 4.31 Å². The van der Waals surface area contributed by atoms with E-state index in [9.17, 15) is 13.2 Å². The van der Waals surface area contributed by atoms with Gasteiger partial charge in [0.2, 0.25) is 10.0 Å². The molecule has 0 aliphatic rings. The molecule has 0 heterocycles. The number of carboxylic acids is 1. The fourth-order valence-electron chi connectivity index (χ4n) is 1.44. The summed E-state index contributed by atoms with van der Waals surface area (Å²) in [5.74, 6) is -1.32. The van der Waals surface area contributed by atoms with Gasteiger partial charge in [-0.25, -0.2) is 13.2 Å². The molecule has 1 rings (SSSR count). The number of ether oxygens (including phenoxy) is 1. The fraction of sp³-hybridized carbons (Fsp3) is 0.364. The number of hydrogen-bond acceptors (Lipinski definition) is 5. The summed E-state index contributed by atoms with van der Waals surface area (Å²) >= 11 is 0. The van der Waals surface area contributed by atoms with Crippen molar-refractivity contribution >= 4 is 21.7 Å². The van der Waals surface area contributed by atoms with Gasteiger partial charge in [-0.1, -0.05) is 0 Å². The van der Waals surface area contributed by atoms with Gasteiger partial charge in [0.05, 0.1) is 17.1 Å². The summed E-state index contributed by atoms with van der Waals surface area (Å²) in [6.45, 7) is 0.327. The summed E-state index contributed by atoms with van der Waals surface area (Å²) < 4.78 is 30.4. The summed E-state index contributed by atoms with van der Waals surface area (Å²) in [6.07, 6.45) is 0. The Labute approximate surface area is 111 Å². The summed E-state index contributed by atoms with van der Waals surface area (Å²) in [4.78, 5) is 10.7. The van der Waals surface area contributed by atoms with Crippen molar-refractivity contribution in [2.75, 3.05) is 33.0 Å². The molecule has 0 fully saturated rings. The first kappa shape index (κ1) is 15.4. The molecule has 0 radical (unpaired) electrons. The lowest BCUT2D eigenvalue weighted by molar-refractivity contribution is 0.0692. The van der Waals surface area contributed by atoms with Crippen LogP contribution in [-0.4, -0.2) is 51.1 Å². The van der Waals surface area contributed by atoms with Crippen LogP contribution in [0.1, 0.15) is 10.4 Å². The van der Waals surface area contributed by atoms with E-state index in [1.54, 1.807) is 0 Å². The van der Waals surface area contributed by atoms with Gasteiger partial charge in [-0.15, -0.1) is 0 Å². The molecule has 1 aromatic carbocycles. The smallest absolute Gasteiger partial charge is 0.337 e. The molecule has 7 nitrogen and oxygen atoms in total. The second-order valence-corrected chi connectivity index (χ2v) is 5.89. The maximum Gasteiger partial charge on any atom is 0.337 e. The Morgan fingerprint density at radius 2 is 2.11 bits per heavy atom. The lowest BCUT2D eigenvalue weighted by Gasteiger charge is -2.18. The van der Waals surface area contributed by atoms with Gasteiger partial charge in [-0.2, -0.15) is 4.31 Å². The third-order valence-electron chi connectivity index (χ3n) is 2.53. The van der Waals surface area contributed by atoms with Crippen LogP contribution >= 0.6 is 0 Å². The average molecular weight is 288 g/mol. The molecule has 3 N–H and O–H groups in total. The van der Waals surface area contributed by atoms with Crippen LogP contribution in [0.2, 0.25) is 0 Å². The first-order chi connectivity index (χ1) is 8.80. The van der Waals surface area contributed by atoms with E-state index < -0.39 is 16.0 Å². The molecule has 0 amide bonds. The van der Waals surface area contributed by atoms with Gasteiger partial charge >= 0.3 is 5.97 Å². The lowest BCUT2D eigenvalue weighted by atomic mass is 10.2. The molecule has 0 aliphatic carbocycles. The molecule has 0 spiro atoms. The topological polar surface area (TPSA) is 110 Å². The van der Waals surface area contributed by atoms with E-state index in [2.05, 4.69) is 0 Å². The molecule has 0 saturated carbocycles. The Kier molecular flexibility index (Phi) is 4.87. The van der Waals surface area contributed by atoms with E-state index in [4.69, 9.17) is 15.6 Å². The molecule has 0 bridgehead atoms. The van der Waals surface area contributed by atoms with Gasteiger partial charge in [-0.05, 0) is 18.2 Å². The molecule has 8 heteroatoms. The highest BCUT2D eigenvalue weighted by atomic mass is 32.2. The second-order valence-electron chi connectivity index (χ2n) is 3.88. The van der Waals surface area contributed by atoms with Crippen molar-refractivity contribution in [1.29, 1.82) is 0 Å². The Bertz CT molecular complexity index is 570. The van der Waals surface area contributed by atoms with Crippen LogP contribution in [0.25, 0.3) is 0 Å². The van der Waals surface area contributed by atoms with Gasteiger partial charge in [0.1, 0.15) is 0 Å². The predicted octanol–water partition coefficient (Wildman–Crippen LogP) is 0.234. The highest BCUT2D eigenvalue weighted by Crippen LogP contribution is 2.22. The Morgan fingerprint density at radius 1 is 1.47 bits per heavy atom. The summed E-state index contributed by atoms with van der Waals surface area (Å²) in [5, 5.41) is 9.03. The number of sulfonamides is 1. The van der Waals surface area contributed by atoms with Crippen LogP contribution < -0.4 is 5.73 Å². The Morgan fingerprint density at radius 3 is 2.63 bits per heavy atom. The van der Waals surface area contributed by atoms with Crippen LogP contribution in [0, 0.1) is 0 Å². The fourth-order valence-corrected chi connectivity index (χ4v) is 2.81. The molecular formula is C11H16N2O5S. The number of hydrogen-bond donors (Lipinski definition) is 2. The minimum Gasteiger partial charge on any atom is -0.478 e. The van der Waals surface area contributed by atoms with E-state index in [1.807, 2.05) is 0 Å². The third kappa shape index (κ3) is 3.43. The van der Waals surface area contributed by atoms with E-state index in [0.717, 1.165) is 10.4 Å². The molecule has 0 atom stereocenters. The normalized spacial score (nSPS) is 11.7. The molecule has 106 valence electrons. The Hall–Kier alpha value is -1.64. The average Bonchev–Trinajstić information content (AvgIpc) is 2.35. The van der Waals surface area contributed by atoms with Gasteiger partial charge in [0.25, 0.3) is 0 Å². The number of nitrogens with two attached hydrogens (primary N) is 1. The van der Waals surface area contributed by atoms with Gasteiger partial charge < -0.3 is 15.6 Å². The predicted molar refractivity (Wildman–Crippen MR) is 69.5 cm³/mol. The Balaban J connectivity index is 3.27. The third-order valence-corrected chi connectivity index (χ3v) is 4.43. The number of rotatable bonds is 6. The van der Waals surface area contributed by atoms with Gasteiger partial charge in [-0.3, -0.25) is 0 Å². The minimum absolute atomic E-state index is 0.118. The molecule has 0 saturated heterocycles. The van der Waals surface area contributed by atoms with Crippen molar-refractivity contribution in [2.24, 2.45) is 0 Å². The quantitative estimate of drug-likeness (QED) is 0.725. The second kappa shape index (κ2) is 6.00. The number of aromatic carboxylic acids is 1. The molecule has 0 aliphatic heterocycles. The van der Waals surface area contributed by atoms with Crippen LogP contribution in [0.15, 0.2) is 23.1 Å². The number of carboxylic acid groups (broad SMARTS) is 1. The van der Waals surface area contributed by atoms with E-state index in [-0.39, 0.29) is 29.3 Å². The van der Waals surface area contributed by atoms with E-state index >= 15 is 0 Å². The summed E-state index contributed by atoms with van der Waals surface area (Å²) in [6, 6.07) is 3.66. The van der Waals surface area contributed by atoms with Crippen molar-refractivity contribution in [3.8, 4) is 0 Å². The van der Waals surface area contributed by atoms with Crippen LogP contribution in [0.3, 0.4) is 0 Å². The number of carbonyl (C=O) groups is 1. The van der Waals surface area contributed by atoms with Crippen molar-refractivity contribution < 1.29 is 23.1 Å². The zero-order valence-electron chi connectivity index (χ0n) is 10.7. The first-order valence-electron chi connectivity index (χ1n) is 5.38. The molecule has 1 aromatic rings. The zero-order chi connectivity index (χ0) is 14.6. The highest BCUT2D eigenvalue weighted by Gasteiger charge is 2.26. The first-order valence-corrected chi connectivity index (χ1v) is 6.82. The molecule has 19 heavy (non-hydrogen) atoms. The van der Waals surface area contributed by atoms with Gasteiger partial charge in [0.15, 0.2) is 0 Å². The maximum absolute atomic E-state index is 12.3. The number of anilines is 1. The summed E-state index contributed by atoms with van der Waals surface area (Å²) in [7, 11) is -1.12. The summed E-state index contributed by atoms with van der Waals surface area (Å²) in [5.41, 5.74) is 5.40. The van der Waals surface area contributed by atoms with Crippen molar-refractivity contribution in [2.45, 2.75) is 4.90 Å². The number of nitrogen functional groups attached to an aromatic ring is 1. The van der Waals surface area contributed by atoms with Crippen molar-refractivity contribution in [3.05, 3.63) is 23.8 Å². The number of methoxy groups -OCH3 is 1. The monoisotopic (exact) mass is 288 g/mol. The minimum atomic E-state index is -3.92. The number of likely N-dealkylation sites (N-methyl/N-ethyl adjacent to an activating group) is 1. The highest BCUT2D eigenvalue weighted by molar-refractivity contribution is 7.89. The molecular weight excluding hydrogens is 272 g/mol. The number of nitrogens with zero attached hydrogens (tertiary/aromatic N) is 1. The largest absolute Gasteiger partial charge is 0.478 e. The van der Waals surface area contributed by atoms with Crippen molar-refractivity contribution in [3.63, 3.8) is 0 Å².